The van der Waals surface area contributed by atoms with Gasteiger partial charge in [0.15, 0.2) is 6.61 Å². The number of thiophene rings is 1. The molecule has 3 N–H and O–H groups in total. The molecule has 142 valence electrons. The van der Waals surface area contributed by atoms with Crippen molar-refractivity contribution in [1.82, 2.24) is 16.0 Å². The van der Waals surface area contributed by atoms with E-state index in [1.165, 1.54) is 11.3 Å². The lowest BCUT2D eigenvalue weighted by atomic mass is 10.2. The van der Waals surface area contributed by atoms with E-state index in [2.05, 4.69) is 16.0 Å². The molecule has 0 radical (unpaired) electrons. The number of urea groups is 1. The van der Waals surface area contributed by atoms with Crippen molar-refractivity contribution in [2.24, 2.45) is 0 Å². The van der Waals surface area contributed by atoms with E-state index in [4.69, 9.17) is 4.74 Å². The van der Waals surface area contributed by atoms with Crippen LogP contribution in [0.2, 0.25) is 0 Å². The van der Waals surface area contributed by atoms with Crippen LogP contribution in [-0.2, 0) is 14.3 Å². The molecule has 1 saturated carbocycles. The molecular formula is C17H23N3O5S. The van der Waals surface area contributed by atoms with Crippen LogP contribution < -0.4 is 16.0 Å². The van der Waals surface area contributed by atoms with Gasteiger partial charge in [-0.25, -0.2) is 4.79 Å². The molecule has 9 heteroatoms. The van der Waals surface area contributed by atoms with Crippen LogP contribution in [0.1, 0.15) is 48.9 Å². The summed E-state index contributed by atoms with van der Waals surface area (Å²) in [5.41, 5.74) is 0.588. The molecule has 8 nitrogen and oxygen atoms in total. The van der Waals surface area contributed by atoms with Gasteiger partial charge in [-0.1, -0.05) is 12.8 Å². The first-order valence-corrected chi connectivity index (χ1v) is 9.55. The van der Waals surface area contributed by atoms with Gasteiger partial charge in [0.05, 0.1) is 0 Å². The molecule has 0 aliphatic heterocycles. The van der Waals surface area contributed by atoms with E-state index >= 15 is 0 Å². The number of amides is 4. The standard InChI is InChI=1S/C17H23N3O5S/c21-14(20-17(24)19-13-4-1-2-5-13)10-25-15(22)6-3-8-18-16(23)12-7-9-26-11-12/h7,9,11,13H,1-6,8,10H2,(H,18,23)(H2,19,20,21,24). The number of imide groups is 1. The molecule has 1 aromatic rings. The molecule has 4 amide bonds. The molecule has 26 heavy (non-hydrogen) atoms. The number of carbonyl (C=O) groups is 4. The highest BCUT2D eigenvalue weighted by atomic mass is 32.1. The molecule has 1 aliphatic carbocycles. The Hall–Kier alpha value is -2.42. The van der Waals surface area contributed by atoms with E-state index in [1.54, 1.807) is 11.4 Å². The first kappa shape index (κ1) is 19.9. The van der Waals surface area contributed by atoms with E-state index in [-0.39, 0.29) is 18.4 Å². The van der Waals surface area contributed by atoms with Gasteiger partial charge in [0, 0.05) is 30.0 Å². The maximum absolute atomic E-state index is 11.7. The minimum absolute atomic E-state index is 0.0749. The van der Waals surface area contributed by atoms with Gasteiger partial charge in [-0.2, -0.15) is 11.3 Å². The number of hydrogen-bond acceptors (Lipinski definition) is 6. The molecular weight excluding hydrogens is 358 g/mol. The van der Waals surface area contributed by atoms with E-state index < -0.39 is 24.5 Å². The maximum Gasteiger partial charge on any atom is 0.321 e. The van der Waals surface area contributed by atoms with Gasteiger partial charge >= 0.3 is 12.0 Å². The average molecular weight is 381 g/mol. The normalized spacial score (nSPS) is 13.8. The lowest BCUT2D eigenvalue weighted by Crippen LogP contribution is -2.45. The summed E-state index contributed by atoms with van der Waals surface area (Å²) in [6.45, 7) is -0.169. The van der Waals surface area contributed by atoms with E-state index in [0.29, 0.717) is 18.5 Å². The second-order valence-corrected chi connectivity index (χ2v) is 6.82. The summed E-state index contributed by atoms with van der Waals surface area (Å²) in [6.07, 6.45) is 4.46. The third kappa shape index (κ3) is 7.22. The Morgan fingerprint density at radius 1 is 1.19 bits per heavy atom. The topological polar surface area (TPSA) is 114 Å². The van der Waals surface area contributed by atoms with Crippen molar-refractivity contribution in [2.45, 2.75) is 44.6 Å². The van der Waals surface area contributed by atoms with Gasteiger partial charge in [-0.3, -0.25) is 19.7 Å². The zero-order chi connectivity index (χ0) is 18.8. The summed E-state index contributed by atoms with van der Waals surface area (Å²) < 4.78 is 4.81. The van der Waals surface area contributed by atoms with Gasteiger partial charge in [0.25, 0.3) is 11.8 Å². The third-order valence-corrected chi connectivity index (χ3v) is 4.62. The summed E-state index contributed by atoms with van der Waals surface area (Å²) in [5.74, 6) is -1.41. The zero-order valence-electron chi connectivity index (χ0n) is 14.4. The zero-order valence-corrected chi connectivity index (χ0v) is 15.2. The van der Waals surface area contributed by atoms with E-state index in [9.17, 15) is 19.2 Å². The highest BCUT2D eigenvalue weighted by Gasteiger charge is 2.18. The molecule has 1 fully saturated rings. The lowest BCUT2D eigenvalue weighted by Gasteiger charge is -2.12. The summed E-state index contributed by atoms with van der Waals surface area (Å²) in [5, 5.41) is 11.1. The lowest BCUT2D eigenvalue weighted by molar-refractivity contribution is -0.148. The summed E-state index contributed by atoms with van der Waals surface area (Å²) >= 11 is 1.43. The molecule has 0 saturated heterocycles. The Kier molecular flexibility index (Phi) is 8.07. The van der Waals surface area contributed by atoms with Crippen LogP contribution >= 0.6 is 11.3 Å². The predicted molar refractivity (Wildman–Crippen MR) is 95.8 cm³/mol. The highest BCUT2D eigenvalue weighted by molar-refractivity contribution is 7.08. The Balaban J connectivity index is 1.51. The Bertz CT molecular complexity index is 626. The number of carbonyl (C=O) groups excluding carboxylic acids is 4. The number of rotatable bonds is 8. The number of hydrogen-bond donors (Lipinski definition) is 3. The van der Waals surface area contributed by atoms with Crippen molar-refractivity contribution in [1.29, 1.82) is 0 Å². The van der Waals surface area contributed by atoms with Gasteiger partial charge in [0.1, 0.15) is 0 Å². The Labute approximate surface area is 155 Å². The smallest absolute Gasteiger partial charge is 0.321 e. The van der Waals surface area contributed by atoms with Crippen LogP contribution in [0.3, 0.4) is 0 Å². The molecule has 1 aliphatic rings. The van der Waals surface area contributed by atoms with Gasteiger partial charge < -0.3 is 15.4 Å². The third-order valence-electron chi connectivity index (χ3n) is 3.93. The molecule has 1 heterocycles. The van der Waals surface area contributed by atoms with Gasteiger partial charge in [-0.15, -0.1) is 0 Å². The van der Waals surface area contributed by atoms with Crippen molar-refractivity contribution < 1.29 is 23.9 Å². The van der Waals surface area contributed by atoms with Crippen LogP contribution in [-0.4, -0.2) is 43.0 Å². The van der Waals surface area contributed by atoms with E-state index in [0.717, 1.165) is 25.7 Å². The van der Waals surface area contributed by atoms with Gasteiger partial charge in [0.2, 0.25) is 0 Å². The van der Waals surface area contributed by atoms with Crippen molar-refractivity contribution in [3.05, 3.63) is 22.4 Å². The second-order valence-electron chi connectivity index (χ2n) is 6.04. The summed E-state index contributed by atoms with van der Waals surface area (Å²) in [7, 11) is 0. The fourth-order valence-electron chi connectivity index (χ4n) is 2.60. The van der Waals surface area contributed by atoms with Crippen molar-refractivity contribution >= 4 is 35.2 Å². The van der Waals surface area contributed by atoms with Crippen molar-refractivity contribution in [3.8, 4) is 0 Å². The fraction of sp³-hybridized carbons (Fsp3) is 0.529. The largest absolute Gasteiger partial charge is 0.456 e. The van der Waals surface area contributed by atoms with Crippen LogP contribution in [0, 0.1) is 0 Å². The maximum atomic E-state index is 11.7. The molecule has 2 rings (SSSR count). The molecule has 0 atom stereocenters. The molecule has 1 aromatic heterocycles. The molecule has 0 unspecified atom stereocenters. The summed E-state index contributed by atoms with van der Waals surface area (Å²) in [6, 6.07) is 1.26. The first-order chi connectivity index (χ1) is 12.5. The minimum Gasteiger partial charge on any atom is -0.456 e. The Morgan fingerprint density at radius 2 is 1.96 bits per heavy atom. The van der Waals surface area contributed by atoms with Crippen LogP contribution in [0.5, 0.6) is 0 Å². The predicted octanol–water partition coefficient (Wildman–Crippen LogP) is 1.57. The fourth-order valence-corrected chi connectivity index (χ4v) is 3.24. The van der Waals surface area contributed by atoms with Crippen molar-refractivity contribution in [3.63, 3.8) is 0 Å². The number of esters is 1. The van der Waals surface area contributed by atoms with Gasteiger partial charge in [-0.05, 0) is 30.7 Å². The second kappa shape index (κ2) is 10.5. The Morgan fingerprint density at radius 3 is 2.65 bits per heavy atom. The number of nitrogens with one attached hydrogen (secondary N) is 3. The minimum atomic E-state index is -0.667. The van der Waals surface area contributed by atoms with Crippen LogP contribution in [0.4, 0.5) is 4.79 Å². The highest BCUT2D eigenvalue weighted by Crippen LogP contribution is 2.17. The SMILES string of the molecule is O=C(COC(=O)CCCNC(=O)c1ccsc1)NC(=O)NC1CCCC1. The molecule has 0 spiro atoms. The first-order valence-electron chi connectivity index (χ1n) is 8.61. The quantitative estimate of drug-likeness (QED) is 0.467. The summed E-state index contributed by atoms with van der Waals surface area (Å²) in [4.78, 5) is 46.4. The molecule has 0 bridgehead atoms. The van der Waals surface area contributed by atoms with Crippen LogP contribution in [0.25, 0.3) is 0 Å². The van der Waals surface area contributed by atoms with Crippen molar-refractivity contribution in [2.75, 3.05) is 13.2 Å². The van der Waals surface area contributed by atoms with Crippen LogP contribution in [0.15, 0.2) is 16.8 Å². The molecule has 0 aromatic carbocycles. The average Bonchev–Trinajstić information content (AvgIpc) is 3.30. The monoisotopic (exact) mass is 381 g/mol. The number of ether oxygens (including phenoxy) is 1. The van der Waals surface area contributed by atoms with E-state index in [1.807, 2.05) is 5.38 Å².